The molecule has 3 aromatic rings. The van der Waals surface area contributed by atoms with E-state index in [0.717, 1.165) is 11.3 Å². The molecule has 0 saturated heterocycles. The van der Waals surface area contributed by atoms with Crippen molar-refractivity contribution in [1.29, 1.82) is 0 Å². The Morgan fingerprint density at radius 1 is 1.28 bits per heavy atom. The number of aromatic nitrogens is 3. The summed E-state index contributed by atoms with van der Waals surface area (Å²) in [4.78, 5) is 16.2. The number of benzene rings is 1. The van der Waals surface area contributed by atoms with Crippen molar-refractivity contribution in [3.8, 4) is 11.6 Å². The predicted molar refractivity (Wildman–Crippen MR) is 97.4 cm³/mol. The number of carbonyl (C=O) groups is 1. The van der Waals surface area contributed by atoms with Gasteiger partial charge in [0.15, 0.2) is 6.10 Å². The molecule has 6 nitrogen and oxygen atoms in total. The van der Waals surface area contributed by atoms with Crippen LogP contribution in [0.4, 0.5) is 0 Å². The minimum atomic E-state index is -0.674. The number of pyridine rings is 1. The lowest BCUT2D eigenvalue weighted by atomic mass is 10.3. The SMILES string of the molecule is C[C@H](Oc1nn(-c2ccccc2)cc1Br)C(=O)NCc1cccnc1. The van der Waals surface area contributed by atoms with Gasteiger partial charge in [0.2, 0.25) is 5.88 Å². The Kier molecular flexibility index (Phi) is 5.45. The number of rotatable bonds is 6. The fourth-order valence-electron chi connectivity index (χ4n) is 2.19. The zero-order chi connectivity index (χ0) is 17.6. The van der Waals surface area contributed by atoms with Gasteiger partial charge in [0, 0.05) is 25.1 Å². The summed E-state index contributed by atoms with van der Waals surface area (Å²) >= 11 is 3.42. The van der Waals surface area contributed by atoms with Crippen molar-refractivity contribution in [2.24, 2.45) is 0 Å². The molecule has 128 valence electrons. The van der Waals surface area contributed by atoms with Gasteiger partial charge in [-0.05, 0) is 46.6 Å². The molecule has 0 radical (unpaired) electrons. The Morgan fingerprint density at radius 2 is 2.08 bits per heavy atom. The first-order chi connectivity index (χ1) is 12.1. The Bertz CT molecular complexity index is 837. The highest BCUT2D eigenvalue weighted by molar-refractivity contribution is 9.10. The average molecular weight is 401 g/mol. The lowest BCUT2D eigenvalue weighted by molar-refractivity contribution is -0.127. The normalized spacial score (nSPS) is 11.8. The number of nitrogens with one attached hydrogen (secondary N) is 1. The lowest BCUT2D eigenvalue weighted by Gasteiger charge is -2.13. The number of amides is 1. The predicted octanol–water partition coefficient (Wildman–Crippen LogP) is 3.11. The topological polar surface area (TPSA) is 69.0 Å². The quantitative estimate of drug-likeness (QED) is 0.689. The second-order valence-electron chi connectivity index (χ2n) is 5.40. The summed E-state index contributed by atoms with van der Waals surface area (Å²) < 4.78 is 8.07. The van der Waals surface area contributed by atoms with Gasteiger partial charge in [-0.3, -0.25) is 9.78 Å². The van der Waals surface area contributed by atoms with Crippen LogP contribution in [0.5, 0.6) is 5.88 Å². The maximum Gasteiger partial charge on any atom is 0.261 e. The molecule has 2 aromatic heterocycles. The summed E-state index contributed by atoms with van der Waals surface area (Å²) in [5.74, 6) is 0.151. The number of nitrogens with zero attached hydrogens (tertiary/aromatic N) is 3. The molecule has 2 heterocycles. The van der Waals surface area contributed by atoms with Crippen LogP contribution in [0.2, 0.25) is 0 Å². The first-order valence-corrected chi connectivity index (χ1v) is 8.56. The number of hydrogen-bond donors (Lipinski definition) is 1. The van der Waals surface area contributed by atoms with Crippen molar-refractivity contribution in [3.63, 3.8) is 0 Å². The molecule has 1 aromatic carbocycles. The van der Waals surface area contributed by atoms with Gasteiger partial charge in [0.25, 0.3) is 5.91 Å². The van der Waals surface area contributed by atoms with E-state index >= 15 is 0 Å². The number of para-hydroxylation sites is 1. The van der Waals surface area contributed by atoms with Crippen molar-refractivity contribution >= 4 is 21.8 Å². The second kappa shape index (κ2) is 7.94. The highest BCUT2D eigenvalue weighted by Crippen LogP contribution is 2.25. The molecule has 0 unspecified atom stereocenters. The number of hydrogen-bond acceptors (Lipinski definition) is 4. The molecule has 0 aliphatic carbocycles. The Balaban J connectivity index is 1.61. The summed E-state index contributed by atoms with van der Waals surface area (Å²) in [6.07, 6.45) is 4.53. The Labute approximate surface area is 154 Å². The third kappa shape index (κ3) is 4.45. The molecule has 0 saturated carbocycles. The first kappa shape index (κ1) is 17.2. The third-order valence-electron chi connectivity index (χ3n) is 3.51. The standard InChI is InChI=1S/C18H17BrN4O2/c1-13(17(24)21-11-14-6-5-9-20-10-14)25-18-16(19)12-23(22-18)15-7-3-2-4-8-15/h2-10,12-13H,11H2,1H3,(H,21,24)/t13-/m0/s1. The number of halogens is 1. The van der Waals surface area contributed by atoms with Gasteiger partial charge in [0.05, 0.1) is 10.2 Å². The van der Waals surface area contributed by atoms with Gasteiger partial charge in [-0.2, -0.15) is 0 Å². The summed E-state index contributed by atoms with van der Waals surface area (Å²) in [7, 11) is 0. The highest BCUT2D eigenvalue weighted by Gasteiger charge is 2.18. The molecule has 0 bridgehead atoms. The smallest absolute Gasteiger partial charge is 0.261 e. The van der Waals surface area contributed by atoms with Crippen molar-refractivity contribution in [2.75, 3.05) is 0 Å². The first-order valence-electron chi connectivity index (χ1n) is 7.77. The molecule has 1 atom stereocenters. The minimum Gasteiger partial charge on any atom is -0.463 e. The van der Waals surface area contributed by atoms with E-state index in [0.29, 0.717) is 16.9 Å². The molecule has 0 fully saturated rings. The molecule has 1 N–H and O–H groups in total. The van der Waals surface area contributed by atoms with E-state index < -0.39 is 6.10 Å². The van der Waals surface area contributed by atoms with Crippen LogP contribution in [0.15, 0.2) is 65.5 Å². The summed E-state index contributed by atoms with van der Waals surface area (Å²) in [5, 5.41) is 7.20. The van der Waals surface area contributed by atoms with Crippen LogP contribution >= 0.6 is 15.9 Å². The number of ether oxygens (including phenoxy) is 1. The van der Waals surface area contributed by atoms with E-state index in [1.807, 2.05) is 42.5 Å². The maximum atomic E-state index is 12.2. The van der Waals surface area contributed by atoms with E-state index in [1.165, 1.54) is 0 Å². The zero-order valence-corrected chi connectivity index (χ0v) is 15.2. The molecule has 0 aliphatic heterocycles. The van der Waals surface area contributed by atoms with E-state index in [9.17, 15) is 4.79 Å². The molecular weight excluding hydrogens is 384 g/mol. The third-order valence-corrected chi connectivity index (χ3v) is 4.05. The highest BCUT2D eigenvalue weighted by atomic mass is 79.9. The largest absolute Gasteiger partial charge is 0.463 e. The monoisotopic (exact) mass is 400 g/mol. The zero-order valence-electron chi connectivity index (χ0n) is 13.6. The lowest BCUT2D eigenvalue weighted by Crippen LogP contribution is -2.36. The van der Waals surface area contributed by atoms with Gasteiger partial charge < -0.3 is 10.1 Å². The molecule has 7 heteroatoms. The van der Waals surface area contributed by atoms with Crippen LogP contribution in [0, 0.1) is 0 Å². The van der Waals surface area contributed by atoms with Crippen molar-refractivity contribution in [1.82, 2.24) is 20.1 Å². The summed E-state index contributed by atoms with van der Waals surface area (Å²) in [5.41, 5.74) is 1.84. The minimum absolute atomic E-state index is 0.218. The molecular formula is C18H17BrN4O2. The summed E-state index contributed by atoms with van der Waals surface area (Å²) in [6, 6.07) is 13.4. The molecule has 1 amide bonds. The Morgan fingerprint density at radius 3 is 2.80 bits per heavy atom. The fourth-order valence-corrected chi connectivity index (χ4v) is 2.55. The fraction of sp³-hybridized carbons (Fsp3) is 0.167. The molecule has 0 aliphatic rings. The van der Waals surface area contributed by atoms with Crippen LogP contribution < -0.4 is 10.1 Å². The van der Waals surface area contributed by atoms with Crippen LogP contribution in [0.1, 0.15) is 12.5 Å². The van der Waals surface area contributed by atoms with E-state index in [-0.39, 0.29) is 5.91 Å². The van der Waals surface area contributed by atoms with Crippen LogP contribution in [-0.4, -0.2) is 26.8 Å². The van der Waals surface area contributed by atoms with Gasteiger partial charge >= 0.3 is 0 Å². The Hall–Kier alpha value is -2.67. The van der Waals surface area contributed by atoms with Crippen molar-refractivity contribution in [2.45, 2.75) is 19.6 Å². The number of carbonyl (C=O) groups excluding carboxylic acids is 1. The van der Waals surface area contributed by atoms with Crippen LogP contribution in [0.3, 0.4) is 0 Å². The van der Waals surface area contributed by atoms with E-state index in [2.05, 4.69) is 31.3 Å². The van der Waals surface area contributed by atoms with E-state index in [1.54, 1.807) is 30.2 Å². The summed E-state index contributed by atoms with van der Waals surface area (Å²) in [6.45, 7) is 2.09. The molecule has 0 spiro atoms. The average Bonchev–Trinajstić information content (AvgIpc) is 3.02. The van der Waals surface area contributed by atoms with Gasteiger partial charge in [-0.15, -0.1) is 5.10 Å². The van der Waals surface area contributed by atoms with Gasteiger partial charge in [0.1, 0.15) is 0 Å². The van der Waals surface area contributed by atoms with Crippen molar-refractivity contribution in [3.05, 3.63) is 71.1 Å². The molecule has 3 rings (SSSR count). The van der Waals surface area contributed by atoms with Crippen LogP contribution in [-0.2, 0) is 11.3 Å². The second-order valence-corrected chi connectivity index (χ2v) is 6.26. The van der Waals surface area contributed by atoms with Gasteiger partial charge in [-0.25, -0.2) is 4.68 Å². The molecule has 25 heavy (non-hydrogen) atoms. The maximum absolute atomic E-state index is 12.2. The van der Waals surface area contributed by atoms with Crippen molar-refractivity contribution < 1.29 is 9.53 Å². The van der Waals surface area contributed by atoms with Gasteiger partial charge in [-0.1, -0.05) is 24.3 Å². The van der Waals surface area contributed by atoms with E-state index in [4.69, 9.17) is 4.74 Å². The van der Waals surface area contributed by atoms with Crippen LogP contribution in [0.25, 0.3) is 5.69 Å².